The number of ether oxygens (including phenoxy) is 1. The van der Waals surface area contributed by atoms with Crippen molar-refractivity contribution < 1.29 is 4.74 Å². The Morgan fingerprint density at radius 2 is 2.20 bits per heavy atom. The molecule has 2 rings (SSSR count). The monoisotopic (exact) mass is 205 g/mol. The first-order valence-electron chi connectivity index (χ1n) is 5.56. The van der Waals surface area contributed by atoms with Crippen LogP contribution in [0.2, 0.25) is 0 Å². The third-order valence-electron chi connectivity index (χ3n) is 2.88. The normalized spacial score (nSPS) is 19.9. The van der Waals surface area contributed by atoms with Crippen LogP contribution >= 0.6 is 0 Å². The van der Waals surface area contributed by atoms with E-state index >= 15 is 0 Å². The quantitative estimate of drug-likeness (QED) is 0.734. The summed E-state index contributed by atoms with van der Waals surface area (Å²) in [4.78, 5) is 2.19. The number of benzene rings is 1. The zero-order valence-electron chi connectivity index (χ0n) is 9.79. The molecule has 0 bridgehead atoms. The van der Waals surface area contributed by atoms with Gasteiger partial charge >= 0.3 is 0 Å². The molecule has 0 unspecified atom stereocenters. The van der Waals surface area contributed by atoms with Gasteiger partial charge in [-0.05, 0) is 45.0 Å². The molecule has 0 radical (unpaired) electrons. The predicted molar refractivity (Wildman–Crippen MR) is 62.5 cm³/mol. The van der Waals surface area contributed by atoms with Crippen LogP contribution in [-0.4, -0.2) is 31.6 Å². The van der Waals surface area contributed by atoms with E-state index in [9.17, 15) is 0 Å². The molecule has 1 atom stereocenters. The average Bonchev–Trinajstić information content (AvgIpc) is 2.18. The van der Waals surface area contributed by atoms with Gasteiger partial charge in [-0.25, -0.2) is 0 Å². The number of rotatable bonds is 2. The van der Waals surface area contributed by atoms with Gasteiger partial charge in [0.1, 0.15) is 11.9 Å². The van der Waals surface area contributed by atoms with Crippen molar-refractivity contribution in [3.63, 3.8) is 0 Å². The highest BCUT2D eigenvalue weighted by Gasteiger charge is 2.21. The first-order valence-corrected chi connectivity index (χ1v) is 5.56. The second-order valence-electron chi connectivity index (χ2n) is 4.60. The largest absolute Gasteiger partial charge is 0.489 e. The molecule has 82 valence electrons. The van der Waals surface area contributed by atoms with Crippen LogP contribution in [0, 0.1) is 6.92 Å². The zero-order valence-corrected chi connectivity index (χ0v) is 9.79. The van der Waals surface area contributed by atoms with Gasteiger partial charge in [0.25, 0.3) is 0 Å². The van der Waals surface area contributed by atoms with E-state index in [-0.39, 0.29) is 0 Å². The number of para-hydroxylation sites is 1. The maximum atomic E-state index is 6.03. The van der Waals surface area contributed by atoms with Crippen LogP contribution in [0.4, 0.5) is 0 Å². The predicted octanol–water partition coefficient (Wildman–Crippen LogP) is 2.25. The Bertz CT molecular complexity index is 346. The summed E-state index contributed by atoms with van der Waals surface area (Å²) >= 11 is 0. The highest BCUT2D eigenvalue weighted by molar-refractivity contribution is 5.42. The van der Waals surface area contributed by atoms with Gasteiger partial charge in [0.2, 0.25) is 0 Å². The fourth-order valence-electron chi connectivity index (χ4n) is 2.16. The van der Waals surface area contributed by atoms with E-state index < -0.39 is 0 Å². The van der Waals surface area contributed by atoms with Crippen LogP contribution in [-0.2, 0) is 6.42 Å². The third-order valence-corrected chi connectivity index (χ3v) is 2.88. The Kier molecular flexibility index (Phi) is 2.96. The molecule has 15 heavy (non-hydrogen) atoms. The van der Waals surface area contributed by atoms with Gasteiger partial charge in [0.05, 0.1) is 0 Å². The highest BCUT2D eigenvalue weighted by Crippen LogP contribution is 2.30. The van der Waals surface area contributed by atoms with Crippen molar-refractivity contribution >= 4 is 0 Å². The van der Waals surface area contributed by atoms with Crippen molar-refractivity contribution in [1.29, 1.82) is 0 Å². The topological polar surface area (TPSA) is 12.5 Å². The Balaban J connectivity index is 2.15. The lowest BCUT2D eigenvalue weighted by molar-refractivity contribution is 0.136. The molecule has 0 saturated heterocycles. The number of aryl methyl sites for hydroxylation is 2. The van der Waals surface area contributed by atoms with Crippen LogP contribution in [0.15, 0.2) is 18.2 Å². The molecule has 0 N–H and O–H groups in total. The standard InChI is InChI=1S/C13H19NO/c1-10-5-4-6-11-7-8-12(9-14(2)3)15-13(10)11/h4-6,12H,7-9H2,1-3H3/t12-/m1/s1. The first kappa shape index (κ1) is 10.5. The molecule has 0 amide bonds. The summed E-state index contributed by atoms with van der Waals surface area (Å²) in [5.41, 5.74) is 2.63. The number of hydrogen-bond donors (Lipinski definition) is 0. The average molecular weight is 205 g/mol. The summed E-state index contributed by atoms with van der Waals surface area (Å²) in [5, 5.41) is 0. The maximum Gasteiger partial charge on any atom is 0.125 e. The molecule has 0 spiro atoms. The number of nitrogens with zero attached hydrogens (tertiary/aromatic N) is 1. The van der Waals surface area contributed by atoms with Gasteiger partial charge in [-0.2, -0.15) is 0 Å². The van der Waals surface area contributed by atoms with E-state index in [1.54, 1.807) is 0 Å². The minimum Gasteiger partial charge on any atom is -0.489 e. The molecular formula is C13H19NO. The van der Waals surface area contributed by atoms with E-state index in [0.29, 0.717) is 6.10 Å². The highest BCUT2D eigenvalue weighted by atomic mass is 16.5. The summed E-state index contributed by atoms with van der Waals surface area (Å²) in [7, 11) is 4.19. The summed E-state index contributed by atoms with van der Waals surface area (Å²) in [6.07, 6.45) is 2.64. The van der Waals surface area contributed by atoms with Gasteiger partial charge in [0.15, 0.2) is 0 Å². The van der Waals surface area contributed by atoms with Gasteiger partial charge < -0.3 is 9.64 Å². The van der Waals surface area contributed by atoms with Crippen molar-refractivity contribution in [2.24, 2.45) is 0 Å². The Morgan fingerprint density at radius 3 is 2.93 bits per heavy atom. The molecule has 1 aromatic rings. The summed E-state index contributed by atoms with van der Waals surface area (Å²) in [5.74, 6) is 1.12. The lowest BCUT2D eigenvalue weighted by Crippen LogP contribution is -2.33. The number of likely N-dealkylation sites (N-methyl/N-ethyl adjacent to an activating group) is 1. The molecule has 0 aliphatic carbocycles. The van der Waals surface area contributed by atoms with E-state index in [2.05, 4.69) is 44.1 Å². The molecule has 1 aliphatic rings. The van der Waals surface area contributed by atoms with Crippen LogP contribution in [0.5, 0.6) is 5.75 Å². The number of fused-ring (bicyclic) bond motifs is 1. The molecule has 1 aromatic carbocycles. The van der Waals surface area contributed by atoms with Crippen molar-refractivity contribution in [2.75, 3.05) is 20.6 Å². The second kappa shape index (κ2) is 4.23. The Labute approximate surface area is 91.9 Å². The maximum absolute atomic E-state index is 6.03. The fourth-order valence-corrected chi connectivity index (χ4v) is 2.16. The minimum absolute atomic E-state index is 0.355. The second-order valence-corrected chi connectivity index (χ2v) is 4.60. The molecule has 2 heteroatoms. The molecule has 0 aromatic heterocycles. The third kappa shape index (κ3) is 2.32. The van der Waals surface area contributed by atoms with Crippen LogP contribution in [0.3, 0.4) is 0 Å². The smallest absolute Gasteiger partial charge is 0.125 e. The lowest BCUT2D eigenvalue weighted by atomic mass is 9.99. The van der Waals surface area contributed by atoms with Crippen LogP contribution < -0.4 is 4.74 Å². The fraction of sp³-hybridized carbons (Fsp3) is 0.538. The van der Waals surface area contributed by atoms with E-state index in [1.165, 1.54) is 11.1 Å². The Morgan fingerprint density at radius 1 is 1.40 bits per heavy atom. The van der Waals surface area contributed by atoms with E-state index in [1.807, 2.05) is 0 Å². The summed E-state index contributed by atoms with van der Waals surface area (Å²) in [6.45, 7) is 3.13. The lowest BCUT2D eigenvalue weighted by Gasteiger charge is -2.29. The van der Waals surface area contributed by atoms with Gasteiger partial charge in [-0.3, -0.25) is 0 Å². The SMILES string of the molecule is Cc1cccc2c1O[C@@H](CN(C)C)CC2. The molecule has 0 fully saturated rings. The van der Waals surface area contributed by atoms with E-state index in [0.717, 1.165) is 25.1 Å². The molecule has 2 nitrogen and oxygen atoms in total. The van der Waals surface area contributed by atoms with Crippen LogP contribution in [0.25, 0.3) is 0 Å². The Hall–Kier alpha value is -1.02. The van der Waals surface area contributed by atoms with Gasteiger partial charge in [0, 0.05) is 6.54 Å². The van der Waals surface area contributed by atoms with Crippen molar-refractivity contribution in [1.82, 2.24) is 4.90 Å². The van der Waals surface area contributed by atoms with E-state index in [4.69, 9.17) is 4.74 Å². The summed E-state index contributed by atoms with van der Waals surface area (Å²) in [6, 6.07) is 6.41. The molecule has 0 saturated carbocycles. The molecule has 1 aliphatic heterocycles. The molecular weight excluding hydrogens is 186 g/mol. The van der Waals surface area contributed by atoms with Crippen molar-refractivity contribution in [3.05, 3.63) is 29.3 Å². The van der Waals surface area contributed by atoms with Crippen molar-refractivity contribution in [2.45, 2.75) is 25.9 Å². The minimum atomic E-state index is 0.355. The van der Waals surface area contributed by atoms with Crippen molar-refractivity contribution in [3.8, 4) is 5.75 Å². The molecule has 1 heterocycles. The summed E-state index contributed by atoms with van der Waals surface area (Å²) < 4.78 is 6.03. The van der Waals surface area contributed by atoms with Gasteiger partial charge in [-0.15, -0.1) is 0 Å². The van der Waals surface area contributed by atoms with Gasteiger partial charge in [-0.1, -0.05) is 18.2 Å². The van der Waals surface area contributed by atoms with Crippen LogP contribution in [0.1, 0.15) is 17.5 Å². The first-order chi connectivity index (χ1) is 7.16. The number of hydrogen-bond acceptors (Lipinski definition) is 2. The zero-order chi connectivity index (χ0) is 10.8.